The van der Waals surface area contributed by atoms with E-state index in [0.29, 0.717) is 0 Å². The lowest BCUT2D eigenvalue weighted by atomic mass is 10.9. The average molecular weight is 99.1 g/mol. The van der Waals surface area contributed by atoms with E-state index >= 15 is 0 Å². The molecule has 0 bridgehead atoms. The number of hydrogen-bond donors (Lipinski definition) is 2. The van der Waals surface area contributed by atoms with Crippen LogP contribution in [0.15, 0.2) is 4.79 Å². The second kappa shape index (κ2) is 1.11. The molecule has 1 aromatic heterocycles. The minimum absolute atomic E-state index is 0.458. The molecular formula is C2H3N4O-. The van der Waals surface area contributed by atoms with Gasteiger partial charge in [0.15, 0.2) is 0 Å². The van der Waals surface area contributed by atoms with Crippen molar-refractivity contribution in [3.8, 4) is 0 Å². The van der Waals surface area contributed by atoms with Crippen LogP contribution in [-0.2, 0) is 0 Å². The van der Waals surface area contributed by atoms with Crippen LogP contribution < -0.4 is 11.4 Å². The van der Waals surface area contributed by atoms with E-state index in [2.05, 4.69) is 10.3 Å². The van der Waals surface area contributed by atoms with Crippen molar-refractivity contribution in [1.29, 1.82) is 0 Å². The molecule has 0 radical (unpaired) electrons. The first-order chi connectivity index (χ1) is 3.30. The summed E-state index contributed by atoms with van der Waals surface area (Å²) in [6.07, 6.45) is 2.05. The van der Waals surface area contributed by atoms with Crippen molar-refractivity contribution in [2.24, 2.45) is 0 Å². The molecule has 7 heavy (non-hydrogen) atoms. The molecule has 0 saturated carbocycles. The number of aromatic amines is 1. The summed E-state index contributed by atoms with van der Waals surface area (Å²) in [7, 11) is 0. The molecule has 3 N–H and O–H groups in total. The first-order valence-electron chi connectivity index (χ1n) is 1.61. The molecule has 0 aliphatic carbocycles. The summed E-state index contributed by atoms with van der Waals surface area (Å²) in [5.74, 6) is 4.89. The van der Waals surface area contributed by atoms with Crippen LogP contribution in [0.25, 0.3) is 0 Å². The van der Waals surface area contributed by atoms with Crippen molar-refractivity contribution >= 4 is 0 Å². The van der Waals surface area contributed by atoms with Gasteiger partial charge in [-0.1, -0.05) is 0 Å². The molecule has 0 spiro atoms. The average Bonchev–Trinajstić information content (AvgIpc) is 1.91. The molecule has 0 aliphatic rings. The van der Waals surface area contributed by atoms with Crippen molar-refractivity contribution in [2.75, 3.05) is 5.84 Å². The van der Waals surface area contributed by atoms with E-state index in [1.165, 1.54) is 0 Å². The van der Waals surface area contributed by atoms with E-state index in [-0.39, 0.29) is 0 Å². The summed E-state index contributed by atoms with van der Waals surface area (Å²) in [6.45, 7) is 0. The third-order valence-electron chi connectivity index (χ3n) is 0.528. The fraction of sp³-hybridized carbons (Fsp3) is 0. The molecule has 1 heterocycles. The highest BCUT2D eigenvalue weighted by molar-refractivity contribution is 4.62. The van der Waals surface area contributed by atoms with Gasteiger partial charge in [0, 0.05) is 0 Å². The van der Waals surface area contributed by atoms with E-state index in [4.69, 9.17) is 5.84 Å². The Labute approximate surface area is 38.7 Å². The molecule has 1 rings (SSSR count). The molecule has 5 nitrogen and oxygen atoms in total. The maximum Gasteiger partial charge on any atom is 0.128 e. The quantitative estimate of drug-likeness (QED) is 0.294. The molecular weight excluding hydrogens is 96.0 g/mol. The zero-order chi connectivity index (χ0) is 5.28. The van der Waals surface area contributed by atoms with Crippen LogP contribution in [0.4, 0.5) is 0 Å². The van der Waals surface area contributed by atoms with Crippen molar-refractivity contribution in [3.63, 3.8) is 0 Å². The summed E-state index contributed by atoms with van der Waals surface area (Å²) in [4.78, 5) is 10.8. The Morgan fingerprint density at radius 1 is 2.00 bits per heavy atom. The van der Waals surface area contributed by atoms with Crippen LogP contribution in [-0.4, -0.2) is 15.1 Å². The van der Waals surface area contributed by atoms with Gasteiger partial charge >= 0.3 is 0 Å². The number of rotatable bonds is 0. The molecule has 0 atom stereocenters. The van der Waals surface area contributed by atoms with Gasteiger partial charge in [-0.3, -0.25) is 6.20 Å². The lowest BCUT2D eigenvalue weighted by Crippen LogP contribution is -2.23. The van der Waals surface area contributed by atoms with Crippen molar-refractivity contribution in [2.45, 2.75) is 0 Å². The van der Waals surface area contributed by atoms with E-state index < -0.39 is 5.56 Å². The second-order valence-corrected chi connectivity index (χ2v) is 0.999. The SMILES string of the molecule is Nn1[nH]n[c-]c1=O. The highest BCUT2D eigenvalue weighted by Gasteiger charge is 1.68. The van der Waals surface area contributed by atoms with Crippen LogP contribution in [0.2, 0.25) is 0 Å². The fourth-order valence-electron chi connectivity index (χ4n) is 0.226. The lowest BCUT2D eigenvalue weighted by molar-refractivity contribution is 0.746. The number of H-pyrrole nitrogens is 1. The highest BCUT2D eigenvalue weighted by atomic mass is 16.1. The van der Waals surface area contributed by atoms with Crippen molar-refractivity contribution < 1.29 is 0 Å². The molecule has 0 unspecified atom stereocenters. The zero-order valence-electron chi connectivity index (χ0n) is 3.38. The van der Waals surface area contributed by atoms with Crippen molar-refractivity contribution in [1.82, 2.24) is 15.1 Å². The predicted octanol–water partition coefficient (Wildman–Crippen LogP) is -1.91. The van der Waals surface area contributed by atoms with Crippen LogP contribution in [0.3, 0.4) is 0 Å². The van der Waals surface area contributed by atoms with Gasteiger partial charge in [-0.2, -0.15) is 4.79 Å². The highest BCUT2D eigenvalue weighted by Crippen LogP contribution is 1.47. The molecule has 0 fully saturated rings. The third kappa shape index (κ3) is 0.466. The second-order valence-electron chi connectivity index (χ2n) is 0.999. The summed E-state index contributed by atoms with van der Waals surface area (Å²) in [6, 6.07) is 0. The van der Waals surface area contributed by atoms with Crippen LogP contribution >= 0.6 is 0 Å². The number of nitrogens with one attached hydrogen (secondary N) is 1. The Kier molecular flexibility index (Phi) is 0.619. The maximum atomic E-state index is 10.1. The minimum atomic E-state index is -0.458. The standard InChI is InChI=1S/C2H3N4O/c3-6-2(7)1-4-5-6/h5H,3H2/q-1. The number of nitrogens with zero attached hydrogens (tertiary/aromatic N) is 2. The van der Waals surface area contributed by atoms with Crippen molar-refractivity contribution in [3.05, 3.63) is 16.6 Å². The Morgan fingerprint density at radius 3 is 2.86 bits per heavy atom. The zero-order valence-corrected chi connectivity index (χ0v) is 3.38. The van der Waals surface area contributed by atoms with Gasteiger partial charge in [-0.15, -0.1) is 0 Å². The molecule has 38 valence electrons. The smallest absolute Gasteiger partial charge is 0.128 e. The lowest BCUT2D eigenvalue weighted by Gasteiger charge is -1.84. The first kappa shape index (κ1) is 3.91. The normalized spacial score (nSPS) is 9.14. The third-order valence-corrected chi connectivity index (χ3v) is 0.528. The summed E-state index contributed by atoms with van der Waals surface area (Å²) >= 11 is 0. The van der Waals surface area contributed by atoms with Gasteiger partial charge in [0.05, 0.1) is 0 Å². The minimum Gasteiger partial charge on any atom is -0.374 e. The molecule has 0 saturated heterocycles. The van der Waals surface area contributed by atoms with Crippen LogP contribution in [0.1, 0.15) is 0 Å². The van der Waals surface area contributed by atoms with Crippen LogP contribution in [0, 0.1) is 6.20 Å². The van der Waals surface area contributed by atoms with E-state index in [1.807, 2.05) is 6.20 Å². The summed E-state index contributed by atoms with van der Waals surface area (Å²) in [5, 5.41) is 5.34. The molecule has 1 aromatic rings. The molecule has 0 aliphatic heterocycles. The van der Waals surface area contributed by atoms with Gasteiger partial charge in [-0.25, -0.2) is 5.21 Å². The molecule has 5 heteroatoms. The summed E-state index contributed by atoms with van der Waals surface area (Å²) < 4.78 is 0. The van der Waals surface area contributed by atoms with E-state index in [0.717, 1.165) is 4.79 Å². The summed E-state index contributed by atoms with van der Waals surface area (Å²) in [5.41, 5.74) is -0.458. The topological polar surface area (TPSA) is 76.7 Å². The first-order valence-corrected chi connectivity index (χ1v) is 1.61. The van der Waals surface area contributed by atoms with Gasteiger partial charge < -0.3 is 15.7 Å². The van der Waals surface area contributed by atoms with Gasteiger partial charge in [0.1, 0.15) is 5.56 Å². The monoisotopic (exact) mass is 99.0 g/mol. The Hall–Kier alpha value is -1.26. The number of aromatic nitrogens is 3. The number of nitrogens with two attached hydrogens (primary N) is 1. The number of nitrogen functional groups attached to an aromatic ring is 1. The Bertz CT molecular complexity index is 197. The van der Waals surface area contributed by atoms with Gasteiger partial charge in [0.25, 0.3) is 0 Å². The van der Waals surface area contributed by atoms with Crippen LogP contribution in [0.5, 0.6) is 0 Å². The fourth-order valence-corrected chi connectivity index (χ4v) is 0.226. The predicted molar refractivity (Wildman–Crippen MR) is 21.8 cm³/mol. The Morgan fingerprint density at radius 2 is 2.71 bits per heavy atom. The largest absolute Gasteiger partial charge is 0.374 e. The number of hydrogen-bond acceptors (Lipinski definition) is 3. The van der Waals surface area contributed by atoms with E-state index in [9.17, 15) is 4.79 Å². The molecule has 0 aromatic carbocycles. The van der Waals surface area contributed by atoms with E-state index in [1.54, 1.807) is 0 Å². The van der Waals surface area contributed by atoms with Gasteiger partial charge in [0.2, 0.25) is 0 Å². The molecule has 0 amide bonds. The van der Waals surface area contributed by atoms with Gasteiger partial charge in [-0.05, 0) is 0 Å². The Balaban J connectivity index is 3.39. The maximum absolute atomic E-state index is 10.1.